The van der Waals surface area contributed by atoms with Crippen molar-refractivity contribution in [2.45, 2.75) is 11.8 Å². The molecule has 0 fully saturated rings. The van der Waals surface area contributed by atoms with Gasteiger partial charge in [0.1, 0.15) is 12.4 Å². The number of nitrogens with one attached hydrogen (secondary N) is 2. The van der Waals surface area contributed by atoms with Gasteiger partial charge in [0.2, 0.25) is 0 Å². The summed E-state index contributed by atoms with van der Waals surface area (Å²) in [5, 5.41) is 4.52. The molecule has 7 heteroatoms. The SMILES string of the molecule is CCNCCOc1ccc(S(=O)(=O)NN(C)C)cc1. The van der Waals surface area contributed by atoms with Gasteiger partial charge in [0.25, 0.3) is 10.0 Å². The molecule has 2 N–H and O–H groups in total. The van der Waals surface area contributed by atoms with Crippen molar-refractivity contribution in [2.75, 3.05) is 33.8 Å². The van der Waals surface area contributed by atoms with Gasteiger partial charge in [0.15, 0.2) is 0 Å². The van der Waals surface area contributed by atoms with E-state index in [2.05, 4.69) is 10.1 Å². The summed E-state index contributed by atoms with van der Waals surface area (Å²) in [5.74, 6) is 0.654. The largest absolute Gasteiger partial charge is 0.492 e. The summed E-state index contributed by atoms with van der Waals surface area (Å²) in [7, 11) is -0.256. The molecule has 1 rings (SSSR count). The Morgan fingerprint density at radius 1 is 1.21 bits per heavy atom. The van der Waals surface area contributed by atoms with E-state index in [1.165, 1.54) is 17.1 Å². The molecule has 0 bridgehead atoms. The summed E-state index contributed by atoms with van der Waals surface area (Å²) in [6, 6.07) is 6.34. The third-order valence-electron chi connectivity index (χ3n) is 2.23. The summed E-state index contributed by atoms with van der Waals surface area (Å²) < 4.78 is 29.2. The number of ether oxygens (including phenoxy) is 1. The average molecular weight is 287 g/mol. The lowest BCUT2D eigenvalue weighted by atomic mass is 10.3. The maximum absolute atomic E-state index is 11.8. The quantitative estimate of drug-likeness (QED) is 0.536. The summed E-state index contributed by atoms with van der Waals surface area (Å²) in [4.78, 5) is 2.58. The molecule has 19 heavy (non-hydrogen) atoms. The van der Waals surface area contributed by atoms with Crippen LogP contribution in [0.2, 0.25) is 0 Å². The molecule has 1 aromatic carbocycles. The average Bonchev–Trinajstić information content (AvgIpc) is 2.34. The van der Waals surface area contributed by atoms with Crippen molar-refractivity contribution in [1.82, 2.24) is 15.2 Å². The molecule has 1 aromatic rings. The van der Waals surface area contributed by atoms with Crippen LogP contribution in [-0.4, -0.2) is 47.2 Å². The van der Waals surface area contributed by atoms with Crippen LogP contribution in [-0.2, 0) is 10.0 Å². The molecule has 0 spiro atoms. The third kappa shape index (κ3) is 5.56. The van der Waals surface area contributed by atoms with E-state index in [0.717, 1.165) is 13.1 Å². The van der Waals surface area contributed by atoms with Crippen LogP contribution in [0.25, 0.3) is 0 Å². The summed E-state index contributed by atoms with van der Waals surface area (Å²) in [6.45, 7) is 4.24. The number of hydrogen-bond acceptors (Lipinski definition) is 5. The molecule has 0 saturated carbocycles. The van der Waals surface area contributed by atoms with Crippen LogP contribution in [0.5, 0.6) is 5.75 Å². The van der Waals surface area contributed by atoms with Crippen LogP contribution >= 0.6 is 0 Å². The summed E-state index contributed by atoms with van der Waals surface area (Å²) in [6.07, 6.45) is 0. The normalized spacial score (nSPS) is 11.8. The lowest BCUT2D eigenvalue weighted by Gasteiger charge is -2.13. The molecule has 0 aliphatic heterocycles. The zero-order chi connectivity index (χ0) is 14.3. The maximum atomic E-state index is 11.8. The molecule has 0 aromatic heterocycles. The topological polar surface area (TPSA) is 70.7 Å². The highest BCUT2D eigenvalue weighted by Gasteiger charge is 2.14. The minimum absolute atomic E-state index is 0.209. The second-order valence-electron chi connectivity index (χ2n) is 4.16. The zero-order valence-electron chi connectivity index (χ0n) is 11.5. The van der Waals surface area contributed by atoms with Crippen LogP contribution in [0.1, 0.15) is 6.92 Å². The lowest BCUT2D eigenvalue weighted by Crippen LogP contribution is -2.36. The fraction of sp³-hybridized carbons (Fsp3) is 0.500. The van der Waals surface area contributed by atoms with Gasteiger partial charge in [-0.05, 0) is 30.8 Å². The first-order valence-electron chi connectivity index (χ1n) is 6.09. The van der Waals surface area contributed by atoms with Gasteiger partial charge in [-0.3, -0.25) is 0 Å². The van der Waals surface area contributed by atoms with Gasteiger partial charge in [-0.15, -0.1) is 4.83 Å². The van der Waals surface area contributed by atoms with Crippen LogP contribution in [0.15, 0.2) is 29.2 Å². The first-order chi connectivity index (χ1) is 8.95. The zero-order valence-corrected chi connectivity index (χ0v) is 12.3. The highest BCUT2D eigenvalue weighted by Crippen LogP contribution is 2.15. The fourth-order valence-electron chi connectivity index (χ4n) is 1.43. The first kappa shape index (κ1) is 15.9. The number of hydrazine groups is 1. The Hall–Kier alpha value is -1.15. The Bertz CT molecular complexity index is 471. The fourth-order valence-corrected chi connectivity index (χ4v) is 2.51. The minimum atomic E-state index is -3.50. The van der Waals surface area contributed by atoms with Crippen LogP contribution in [0.4, 0.5) is 0 Å². The van der Waals surface area contributed by atoms with E-state index in [9.17, 15) is 8.42 Å². The second-order valence-corrected chi connectivity index (χ2v) is 5.82. The maximum Gasteiger partial charge on any atom is 0.253 e. The first-order valence-corrected chi connectivity index (χ1v) is 7.57. The van der Waals surface area contributed by atoms with E-state index in [1.54, 1.807) is 26.2 Å². The Morgan fingerprint density at radius 2 is 1.84 bits per heavy atom. The van der Waals surface area contributed by atoms with Crippen molar-refractivity contribution in [1.29, 1.82) is 0 Å². The molecule has 0 atom stereocenters. The number of nitrogens with zero attached hydrogens (tertiary/aromatic N) is 1. The Kier molecular flexibility index (Phi) is 6.23. The van der Waals surface area contributed by atoms with Crippen molar-refractivity contribution in [3.63, 3.8) is 0 Å². The van der Waals surface area contributed by atoms with Crippen LogP contribution in [0, 0.1) is 0 Å². The Morgan fingerprint density at radius 3 is 2.37 bits per heavy atom. The van der Waals surface area contributed by atoms with Gasteiger partial charge in [0.05, 0.1) is 4.90 Å². The molecule has 0 heterocycles. The highest BCUT2D eigenvalue weighted by atomic mass is 32.2. The van der Waals surface area contributed by atoms with E-state index in [-0.39, 0.29) is 4.90 Å². The van der Waals surface area contributed by atoms with E-state index >= 15 is 0 Å². The minimum Gasteiger partial charge on any atom is -0.492 e. The molecule has 0 unspecified atom stereocenters. The number of rotatable bonds is 8. The predicted octanol–water partition coefficient (Wildman–Crippen LogP) is 0.430. The van der Waals surface area contributed by atoms with Crippen molar-refractivity contribution < 1.29 is 13.2 Å². The van der Waals surface area contributed by atoms with Gasteiger partial charge in [-0.2, -0.15) is 0 Å². The molecule has 0 saturated heterocycles. The number of benzene rings is 1. The van der Waals surface area contributed by atoms with Crippen molar-refractivity contribution in [3.8, 4) is 5.75 Å². The van der Waals surface area contributed by atoms with Crippen molar-refractivity contribution in [2.24, 2.45) is 0 Å². The number of likely N-dealkylation sites (N-methyl/N-ethyl adjacent to an activating group) is 1. The van der Waals surface area contributed by atoms with Gasteiger partial charge >= 0.3 is 0 Å². The van der Waals surface area contributed by atoms with Gasteiger partial charge in [-0.1, -0.05) is 6.92 Å². The number of sulfonamides is 1. The van der Waals surface area contributed by atoms with Gasteiger partial charge < -0.3 is 10.1 Å². The van der Waals surface area contributed by atoms with Crippen molar-refractivity contribution >= 4 is 10.0 Å². The Labute approximate surface area is 114 Å². The predicted molar refractivity (Wildman–Crippen MR) is 74.5 cm³/mol. The van der Waals surface area contributed by atoms with Gasteiger partial charge in [-0.25, -0.2) is 13.4 Å². The summed E-state index contributed by atoms with van der Waals surface area (Å²) >= 11 is 0. The van der Waals surface area contributed by atoms with Crippen molar-refractivity contribution in [3.05, 3.63) is 24.3 Å². The smallest absolute Gasteiger partial charge is 0.253 e. The van der Waals surface area contributed by atoms with Crippen LogP contribution in [0.3, 0.4) is 0 Å². The van der Waals surface area contributed by atoms with Gasteiger partial charge in [0, 0.05) is 20.6 Å². The van der Waals surface area contributed by atoms with E-state index in [1.807, 2.05) is 6.92 Å². The molecule has 108 valence electrons. The van der Waals surface area contributed by atoms with E-state index < -0.39 is 10.0 Å². The monoisotopic (exact) mass is 287 g/mol. The highest BCUT2D eigenvalue weighted by molar-refractivity contribution is 7.89. The lowest BCUT2D eigenvalue weighted by molar-refractivity contribution is 0.315. The standard InChI is InChI=1S/C12H21N3O3S/c1-4-13-9-10-18-11-5-7-12(8-6-11)19(16,17)14-15(2)3/h5-8,13-14H,4,9-10H2,1-3H3. The van der Waals surface area contributed by atoms with Crippen LogP contribution < -0.4 is 14.9 Å². The molecule has 0 amide bonds. The molecular weight excluding hydrogens is 266 g/mol. The van der Waals surface area contributed by atoms with E-state index in [0.29, 0.717) is 12.4 Å². The molecular formula is C12H21N3O3S. The summed E-state index contributed by atoms with van der Waals surface area (Å²) in [5.41, 5.74) is 0. The molecule has 6 nitrogen and oxygen atoms in total. The Balaban J connectivity index is 2.61. The van der Waals surface area contributed by atoms with E-state index in [4.69, 9.17) is 4.74 Å². The third-order valence-corrected chi connectivity index (χ3v) is 3.73. The number of hydrogen-bond donors (Lipinski definition) is 2. The molecule has 0 radical (unpaired) electrons. The molecule has 0 aliphatic rings. The molecule has 0 aliphatic carbocycles. The second kappa shape index (κ2) is 7.44.